The van der Waals surface area contributed by atoms with Crippen molar-refractivity contribution < 1.29 is 0 Å². The SMILES string of the molecule is c1ccc(-c2ccccc2N(c2ccc3c(c2)Cc2ccccc2-c2ccccc2Cc2ccccc2-3)c2cccc3c2sc2ccccc23)cc1. The van der Waals surface area contributed by atoms with Gasteiger partial charge in [0, 0.05) is 26.7 Å². The van der Waals surface area contributed by atoms with Gasteiger partial charge in [-0.3, -0.25) is 0 Å². The highest BCUT2D eigenvalue weighted by Crippen LogP contribution is 2.48. The van der Waals surface area contributed by atoms with E-state index in [9.17, 15) is 0 Å². The average Bonchev–Trinajstić information content (AvgIpc) is 3.59. The molecule has 0 N–H and O–H groups in total. The number of fused-ring (bicyclic) bond motifs is 9. The topological polar surface area (TPSA) is 3.24 Å². The van der Waals surface area contributed by atoms with Gasteiger partial charge in [-0.05, 0) is 93.2 Å². The van der Waals surface area contributed by atoms with Crippen molar-refractivity contribution in [2.45, 2.75) is 12.8 Å². The van der Waals surface area contributed by atoms with Crippen LogP contribution in [0.1, 0.15) is 22.3 Å². The van der Waals surface area contributed by atoms with Crippen molar-refractivity contribution in [1.82, 2.24) is 0 Å². The van der Waals surface area contributed by atoms with Crippen molar-refractivity contribution in [3.8, 4) is 33.4 Å². The number of thiophene rings is 1. The highest BCUT2D eigenvalue weighted by molar-refractivity contribution is 7.26. The van der Waals surface area contributed by atoms with Gasteiger partial charge in [0.15, 0.2) is 0 Å². The number of hydrogen-bond acceptors (Lipinski definition) is 2. The molecule has 0 saturated carbocycles. The van der Waals surface area contributed by atoms with Crippen molar-refractivity contribution >= 4 is 48.6 Å². The van der Waals surface area contributed by atoms with Crippen molar-refractivity contribution in [2.24, 2.45) is 0 Å². The van der Waals surface area contributed by atoms with Gasteiger partial charge < -0.3 is 4.90 Å². The van der Waals surface area contributed by atoms with Crippen LogP contribution in [0.15, 0.2) is 188 Å². The van der Waals surface area contributed by atoms with Crippen LogP contribution in [0.2, 0.25) is 0 Å². The second-order valence-corrected chi connectivity index (χ2v) is 14.7. The normalized spacial score (nSPS) is 12.1. The zero-order valence-corrected chi connectivity index (χ0v) is 29.5. The van der Waals surface area contributed by atoms with Crippen molar-refractivity contribution in [1.29, 1.82) is 0 Å². The summed E-state index contributed by atoms with van der Waals surface area (Å²) in [6.07, 6.45) is 1.70. The zero-order chi connectivity index (χ0) is 34.4. The van der Waals surface area contributed by atoms with Gasteiger partial charge in [0.25, 0.3) is 0 Å². The number of hydrogen-bond donors (Lipinski definition) is 0. The molecule has 0 aliphatic heterocycles. The summed E-state index contributed by atoms with van der Waals surface area (Å²) in [6.45, 7) is 0. The third-order valence-corrected chi connectivity index (χ3v) is 11.8. The smallest absolute Gasteiger partial charge is 0.0640 e. The average molecular weight is 682 g/mol. The first-order valence-corrected chi connectivity index (χ1v) is 18.8. The molecule has 0 radical (unpaired) electrons. The lowest BCUT2D eigenvalue weighted by molar-refractivity contribution is 1.14. The summed E-state index contributed by atoms with van der Waals surface area (Å²) in [5, 5.41) is 2.60. The highest BCUT2D eigenvalue weighted by atomic mass is 32.1. The Bertz CT molecular complexity index is 2760. The van der Waals surface area contributed by atoms with E-state index in [-0.39, 0.29) is 0 Å². The molecule has 1 nitrogen and oxygen atoms in total. The summed E-state index contributed by atoms with van der Waals surface area (Å²) in [5.41, 5.74) is 16.5. The Hall–Kier alpha value is -6.22. The third-order valence-electron chi connectivity index (χ3n) is 10.6. The Labute approximate surface area is 308 Å². The van der Waals surface area contributed by atoms with Gasteiger partial charge in [-0.2, -0.15) is 0 Å². The first kappa shape index (κ1) is 30.6. The standard InChI is InChI=1S/C50H35NS/c1-2-15-34(16-3-1)44-23-10-12-26-47(44)51(48-27-14-25-46-45-24-11-13-28-49(45)52-50(46)48)39-29-30-43-38(33-39)32-37-19-6-8-21-41(37)40-20-7-4-17-35(40)31-36-18-5-9-22-42(36)43/h1-30,33H,31-32H2. The van der Waals surface area contributed by atoms with Gasteiger partial charge in [0.1, 0.15) is 0 Å². The van der Waals surface area contributed by atoms with E-state index in [0.29, 0.717) is 0 Å². The fourth-order valence-corrected chi connectivity index (χ4v) is 9.40. The summed E-state index contributed by atoms with van der Waals surface area (Å²) in [4.78, 5) is 2.51. The first-order valence-electron chi connectivity index (χ1n) is 18.0. The van der Waals surface area contributed by atoms with Crippen molar-refractivity contribution in [3.63, 3.8) is 0 Å². The van der Waals surface area contributed by atoms with Crippen LogP contribution in [0.3, 0.4) is 0 Å². The van der Waals surface area contributed by atoms with Gasteiger partial charge in [-0.1, -0.05) is 158 Å². The first-order chi connectivity index (χ1) is 25.8. The molecule has 52 heavy (non-hydrogen) atoms. The molecular formula is C50H35NS. The summed E-state index contributed by atoms with van der Waals surface area (Å²) in [7, 11) is 0. The maximum Gasteiger partial charge on any atom is 0.0640 e. The van der Waals surface area contributed by atoms with Crippen LogP contribution >= 0.6 is 11.3 Å². The maximum absolute atomic E-state index is 2.51. The fraction of sp³-hybridized carbons (Fsp3) is 0.0400. The third kappa shape index (κ3) is 5.23. The van der Waals surface area contributed by atoms with E-state index >= 15 is 0 Å². The van der Waals surface area contributed by atoms with E-state index < -0.39 is 0 Å². The molecule has 0 atom stereocenters. The van der Waals surface area contributed by atoms with Gasteiger partial charge in [-0.25, -0.2) is 0 Å². The van der Waals surface area contributed by atoms with E-state index in [1.807, 2.05) is 11.3 Å². The Kier molecular flexibility index (Phi) is 7.55. The van der Waals surface area contributed by atoms with E-state index in [1.54, 1.807) is 0 Å². The molecule has 2 heteroatoms. The van der Waals surface area contributed by atoms with Crippen molar-refractivity contribution in [2.75, 3.05) is 4.90 Å². The number of para-hydroxylation sites is 1. The van der Waals surface area contributed by atoms with E-state index in [1.165, 1.54) is 81.5 Å². The van der Waals surface area contributed by atoms with Crippen LogP contribution in [-0.4, -0.2) is 0 Å². The molecule has 0 unspecified atom stereocenters. The molecule has 8 aromatic carbocycles. The van der Waals surface area contributed by atoms with Gasteiger partial charge in [0.2, 0.25) is 0 Å². The Balaban J connectivity index is 1.24. The zero-order valence-electron chi connectivity index (χ0n) is 28.7. The van der Waals surface area contributed by atoms with Crippen LogP contribution < -0.4 is 4.90 Å². The molecule has 0 spiro atoms. The van der Waals surface area contributed by atoms with E-state index in [4.69, 9.17) is 0 Å². The monoisotopic (exact) mass is 681 g/mol. The lowest BCUT2D eigenvalue weighted by Gasteiger charge is -2.30. The predicted octanol–water partition coefficient (Wildman–Crippen LogP) is 14.0. The van der Waals surface area contributed by atoms with Crippen LogP contribution in [0, 0.1) is 0 Å². The molecular weight excluding hydrogens is 647 g/mol. The summed E-state index contributed by atoms with van der Waals surface area (Å²) < 4.78 is 2.60. The van der Waals surface area contributed by atoms with Gasteiger partial charge in [0.05, 0.1) is 16.1 Å². The molecule has 0 amide bonds. The molecule has 9 aromatic rings. The van der Waals surface area contributed by atoms with E-state index in [0.717, 1.165) is 24.2 Å². The molecule has 1 heterocycles. The maximum atomic E-state index is 2.51. The molecule has 246 valence electrons. The van der Waals surface area contributed by atoms with Gasteiger partial charge >= 0.3 is 0 Å². The number of rotatable bonds is 4. The molecule has 1 aromatic heterocycles. The van der Waals surface area contributed by atoms with Crippen LogP contribution in [0.25, 0.3) is 53.6 Å². The summed E-state index contributed by atoms with van der Waals surface area (Å²) >= 11 is 1.88. The number of nitrogens with zero attached hydrogens (tertiary/aromatic N) is 1. The second kappa shape index (κ2) is 12.8. The molecule has 1 aliphatic rings. The minimum Gasteiger partial charge on any atom is -0.308 e. The lowest BCUT2D eigenvalue weighted by Crippen LogP contribution is -2.12. The fourth-order valence-electron chi connectivity index (χ4n) is 8.20. The van der Waals surface area contributed by atoms with Crippen molar-refractivity contribution in [3.05, 3.63) is 210 Å². The lowest BCUT2D eigenvalue weighted by atomic mass is 9.84. The molecule has 10 rings (SSSR count). The van der Waals surface area contributed by atoms with Crippen LogP contribution in [0.5, 0.6) is 0 Å². The summed E-state index contributed by atoms with van der Waals surface area (Å²) in [6, 6.07) is 69.4. The highest BCUT2D eigenvalue weighted by Gasteiger charge is 2.23. The molecule has 0 saturated heterocycles. The molecule has 1 aliphatic carbocycles. The molecule has 0 fully saturated rings. The van der Waals surface area contributed by atoms with Crippen LogP contribution in [-0.2, 0) is 12.8 Å². The number of benzene rings is 8. The van der Waals surface area contributed by atoms with Crippen LogP contribution in [0.4, 0.5) is 17.1 Å². The van der Waals surface area contributed by atoms with Gasteiger partial charge in [-0.15, -0.1) is 11.3 Å². The Morgan fingerprint density at radius 1 is 0.365 bits per heavy atom. The minimum atomic E-state index is 0.823. The largest absolute Gasteiger partial charge is 0.308 e. The Morgan fingerprint density at radius 3 is 1.60 bits per heavy atom. The Morgan fingerprint density at radius 2 is 0.885 bits per heavy atom. The quantitative estimate of drug-likeness (QED) is 0.179. The predicted molar refractivity (Wildman–Crippen MR) is 222 cm³/mol. The number of anilines is 3. The molecule has 0 bridgehead atoms. The summed E-state index contributed by atoms with van der Waals surface area (Å²) in [5.74, 6) is 0. The van der Waals surface area contributed by atoms with E-state index in [2.05, 4.69) is 193 Å². The second-order valence-electron chi connectivity index (χ2n) is 13.6. The minimum absolute atomic E-state index is 0.823.